The van der Waals surface area contributed by atoms with Crippen molar-refractivity contribution in [3.63, 3.8) is 0 Å². The van der Waals surface area contributed by atoms with E-state index in [1.54, 1.807) is 4.90 Å². The minimum atomic E-state index is -0.847. The third-order valence-electron chi connectivity index (χ3n) is 7.91. The fourth-order valence-electron chi connectivity index (χ4n) is 5.24. The Balaban J connectivity index is 0. The second kappa shape index (κ2) is 30.7. The first-order chi connectivity index (χ1) is 23.5. The number of nitrogens with one attached hydrogen (secondary N) is 1. The van der Waals surface area contributed by atoms with Crippen molar-refractivity contribution < 1.29 is 34.2 Å². The lowest BCUT2D eigenvalue weighted by Gasteiger charge is -2.22. The Labute approximate surface area is 297 Å². The third kappa shape index (κ3) is 22.1. The summed E-state index contributed by atoms with van der Waals surface area (Å²) in [7, 11) is 2.63. The molecule has 3 unspecified atom stereocenters. The van der Waals surface area contributed by atoms with Crippen LogP contribution in [0.15, 0.2) is 30.4 Å². The van der Waals surface area contributed by atoms with E-state index in [0.29, 0.717) is 44.9 Å². The maximum Gasteiger partial charge on any atom is 0.407 e. The lowest BCUT2D eigenvalue weighted by molar-refractivity contribution is -0.137. The zero-order valence-corrected chi connectivity index (χ0v) is 31.9. The predicted octanol–water partition coefficient (Wildman–Crippen LogP) is 6.28. The number of benzene rings is 1. The minimum Gasteiger partial charge on any atom is -0.481 e. The highest BCUT2D eigenvalue weighted by molar-refractivity contribution is 7.27. The number of likely N-dealkylation sites (tertiary alicyclic amines) is 1. The lowest BCUT2D eigenvalue weighted by atomic mass is 10.0. The van der Waals surface area contributed by atoms with Crippen molar-refractivity contribution in [2.75, 3.05) is 19.6 Å². The Morgan fingerprint density at radius 1 is 1.02 bits per heavy atom. The molecule has 1 fully saturated rings. The van der Waals surface area contributed by atoms with Crippen molar-refractivity contribution >= 4 is 45.2 Å². The Kier molecular flexibility index (Phi) is 30.0. The molecule has 0 saturated carbocycles. The van der Waals surface area contributed by atoms with Gasteiger partial charge in [0.1, 0.15) is 12.8 Å². The Morgan fingerprint density at radius 3 is 2.20 bits per heavy atom. The number of allylic oxidation sites excluding steroid dienone is 2. The molecule has 3 atom stereocenters. The number of hydrogen-bond donors (Lipinski definition) is 4. The molecule has 2 aliphatic heterocycles. The van der Waals surface area contributed by atoms with E-state index in [1.165, 1.54) is 43.4 Å². The van der Waals surface area contributed by atoms with Crippen LogP contribution in [-0.4, -0.2) is 76.4 Å². The van der Waals surface area contributed by atoms with Gasteiger partial charge in [-0.25, -0.2) is 4.79 Å². The van der Waals surface area contributed by atoms with Crippen molar-refractivity contribution in [1.29, 1.82) is 0 Å². The number of primary amides is 1. The Hall–Kier alpha value is -3.30. The average Bonchev–Trinajstić information content (AvgIpc) is 3.77. The molecule has 12 heteroatoms. The maximum absolute atomic E-state index is 12.0. The van der Waals surface area contributed by atoms with E-state index in [4.69, 9.17) is 20.7 Å². The second-order valence-corrected chi connectivity index (χ2v) is 12.5. The molecule has 1 saturated heterocycles. The quantitative estimate of drug-likeness (QED) is 0.0884. The highest BCUT2D eigenvalue weighted by Crippen LogP contribution is 2.22. The number of carboxylic acid groups (broad SMARTS) is 2. The topological polar surface area (TPSA) is 170 Å². The molecule has 11 nitrogen and oxygen atoms in total. The van der Waals surface area contributed by atoms with Gasteiger partial charge in [0.2, 0.25) is 11.8 Å². The molecule has 0 spiro atoms. The van der Waals surface area contributed by atoms with Crippen molar-refractivity contribution in [1.82, 2.24) is 15.1 Å². The number of unbranched alkanes of at least 4 members (excludes halogenated alkanes) is 5. The predicted molar refractivity (Wildman–Crippen MR) is 202 cm³/mol. The number of rotatable bonds is 16. The molecule has 3 amide bonds. The van der Waals surface area contributed by atoms with Gasteiger partial charge in [-0.05, 0) is 73.8 Å². The molecule has 0 bridgehead atoms. The van der Waals surface area contributed by atoms with Crippen molar-refractivity contribution in [2.24, 2.45) is 11.7 Å². The summed E-state index contributed by atoms with van der Waals surface area (Å²) in [4.78, 5) is 55.1. The number of aliphatic carboxylic acids is 1. The molecule has 0 aromatic heterocycles. The SMILES string of the molecule is C=O.CC.CCCCC(C)CNCC(=O)N1CCCC1C(N)=O.CCCCC/C=C\CCCC(=O)O.O=C(O)N1Cc2cccc(P)c2C1. The summed E-state index contributed by atoms with van der Waals surface area (Å²) in [6.07, 6.45) is 15.5. The van der Waals surface area contributed by atoms with Gasteiger partial charge in [-0.1, -0.05) is 90.7 Å². The number of carbonyl (C=O) groups excluding carboxylic acids is 3. The van der Waals surface area contributed by atoms with Gasteiger partial charge in [0.15, 0.2) is 0 Å². The molecule has 0 radical (unpaired) electrons. The average molecular weight is 709 g/mol. The standard InChI is InChI=1S/C14H27N3O2.C11H20O2.C9H10NO2P.C2H6.CH2O/c1-3-4-6-11(2)9-16-10-13(18)17-8-5-7-12(17)14(15)19;1-2-3-4-5-6-7-8-9-10-11(12)13;11-9(12)10-4-6-2-1-3-8(13)7(6)5-10;2*1-2/h11-12,16H,3-10H2,1-2H3,(H2,15,19);6-7H,2-5,8-10H2,1H3,(H,12,13);1-3H,4-5,13H2,(H,11,12);1-2H3;1H2/b;7-6-;;;. The number of carbonyl (C=O) groups is 5. The summed E-state index contributed by atoms with van der Waals surface area (Å²) in [6.45, 7) is 15.4. The van der Waals surface area contributed by atoms with Gasteiger partial charge < -0.3 is 31.0 Å². The molecular formula is C37H65N4O7P. The zero-order chi connectivity index (χ0) is 37.6. The smallest absolute Gasteiger partial charge is 0.407 e. The first-order valence-corrected chi connectivity index (χ1v) is 18.4. The monoisotopic (exact) mass is 708 g/mol. The molecule has 1 aromatic carbocycles. The summed E-state index contributed by atoms with van der Waals surface area (Å²) in [6, 6.07) is 5.51. The Bertz CT molecular complexity index is 1100. The van der Waals surface area contributed by atoms with E-state index >= 15 is 0 Å². The first-order valence-electron chi connectivity index (χ1n) is 17.8. The summed E-state index contributed by atoms with van der Waals surface area (Å²) >= 11 is 0. The Morgan fingerprint density at radius 2 is 1.65 bits per heavy atom. The molecule has 5 N–H and O–H groups in total. The fourth-order valence-corrected chi connectivity index (χ4v) is 5.63. The van der Waals surface area contributed by atoms with E-state index in [9.17, 15) is 19.2 Å². The molecule has 1 aromatic rings. The lowest BCUT2D eigenvalue weighted by Crippen LogP contribution is -2.47. The van der Waals surface area contributed by atoms with E-state index in [-0.39, 0.29) is 11.8 Å². The van der Waals surface area contributed by atoms with Gasteiger partial charge in [0, 0.05) is 19.5 Å². The van der Waals surface area contributed by atoms with Crippen LogP contribution in [0, 0.1) is 5.92 Å². The molecule has 280 valence electrons. The molecule has 2 aliphatic rings. The molecule has 2 heterocycles. The number of nitrogens with zero attached hydrogens (tertiary/aromatic N) is 2. The molecule has 3 rings (SSSR count). The van der Waals surface area contributed by atoms with Crippen LogP contribution in [0.4, 0.5) is 4.79 Å². The van der Waals surface area contributed by atoms with Gasteiger partial charge in [0.05, 0.1) is 13.1 Å². The van der Waals surface area contributed by atoms with Crippen LogP contribution in [0.5, 0.6) is 0 Å². The van der Waals surface area contributed by atoms with Crippen LogP contribution >= 0.6 is 9.24 Å². The number of hydrogen-bond acceptors (Lipinski definition) is 6. The number of carboxylic acids is 1. The minimum absolute atomic E-state index is 0.0102. The molecule has 0 aliphatic carbocycles. The highest BCUT2D eigenvalue weighted by atomic mass is 31.0. The van der Waals surface area contributed by atoms with Crippen LogP contribution < -0.4 is 16.4 Å². The fraction of sp³-hybridized carbons (Fsp3) is 0.649. The van der Waals surface area contributed by atoms with Crippen LogP contribution in [0.1, 0.15) is 123 Å². The number of fused-ring (bicyclic) bond motifs is 1. The normalized spacial score (nSPS) is 14.9. The summed E-state index contributed by atoms with van der Waals surface area (Å²) in [5.41, 5.74) is 7.56. The van der Waals surface area contributed by atoms with Crippen LogP contribution in [-0.2, 0) is 32.3 Å². The van der Waals surface area contributed by atoms with Gasteiger partial charge in [-0.3, -0.25) is 19.3 Å². The van der Waals surface area contributed by atoms with Crippen molar-refractivity contribution in [3.05, 3.63) is 41.5 Å². The van der Waals surface area contributed by atoms with Crippen LogP contribution in [0.2, 0.25) is 0 Å². The number of nitrogens with two attached hydrogens (primary N) is 1. The van der Waals surface area contributed by atoms with Gasteiger partial charge >= 0.3 is 12.1 Å². The molecule has 49 heavy (non-hydrogen) atoms. The summed E-state index contributed by atoms with van der Waals surface area (Å²) in [5, 5.41) is 21.4. The maximum atomic E-state index is 12.0. The van der Waals surface area contributed by atoms with Gasteiger partial charge in [0.25, 0.3) is 0 Å². The van der Waals surface area contributed by atoms with E-state index in [1.807, 2.05) is 38.8 Å². The van der Waals surface area contributed by atoms with Crippen molar-refractivity contribution in [2.45, 2.75) is 131 Å². The summed E-state index contributed by atoms with van der Waals surface area (Å²) in [5.74, 6) is -0.510. The number of amides is 3. The van der Waals surface area contributed by atoms with E-state index < -0.39 is 18.1 Å². The first kappa shape index (κ1) is 47.8. The van der Waals surface area contributed by atoms with Gasteiger partial charge in [-0.15, -0.1) is 9.24 Å². The van der Waals surface area contributed by atoms with Crippen LogP contribution in [0.25, 0.3) is 0 Å². The largest absolute Gasteiger partial charge is 0.481 e. The zero-order valence-electron chi connectivity index (χ0n) is 30.8. The van der Waals surface area contributed by atoms with Gasteiger partial charge in [-0.2, -0.15) is 0 Å². The van der Waals surface area contributed by atoms with Crippen LogP contribution in [0.3, 0.4) is 0 Å². The highest BCUT2D eigenvalue weighted by Gasteiger charge is 2.32. The van der Waals surface area contributed by atoms with E-state index in [0.717, 1.165) is 48.7 Å². The second-order valence-electron chi connectivity index (χ2n) is 11.9. The molecular weight excluding hydrogens is 643 g/mol. The van der Waals surface area contributed by atoms with Crippen molar-refractivity contribution in [3.8, 4) is 0 Å². The third-order valence-corrected chi connectivity index (χ3v) is 8.45. The van der Waals surface area contributed by atoms with E-state index in [2.05, 4.69) is 47.5 Å². The summed E-state index contributed by atoms with van der Waals surface area (Å²) < 4.78 is 0.